The first-order valence-corrected chi connectivity index (χ1v) is 5.76. The molecule has 0 bridgehead atoms. The second kappa shape index (κ2) is 6.00. The van der Waals surface area contributed by atoms with Crippen LogP contribution >= 0.6 is 11.6 Å². The number of rotatable bonds is 5. The summed E-state index contributed by atoms with van der Waals surface area (Å²) >= 11 is 5.06. The lowest BCUT2D eigenvalue weighted by molar-refractivity contribution is -0.138. The van der Waals surface area contributed by atoms with E-state index in [0.717, 1.165) is 6.42 Å². The van der Waals surface area contributed by atoms with Gasteiger partial charge in [-0.25, -0.2) is 4.79 Å². The van der Waals surface area contributed by atoms with E-state index in [2.05, 4.69) is 4.74 Å². The fourth-order valence-electron chi connectivity index (χ4n) is 0.586. The molecule has 1 N–H and O–H groups in total. The Morgan fingerprint density at radius 1 is 1.57 bits per heavy atom. The smallest absolute Gasteiger partial charge is 0.353 e. The fourth-order valence-corrected chi connectivity index (χ4v) is 1.40. The van der Waals surface area contributed by atoms with Crippen molar-refractivity contribution in [3.63, 3.8) is 0 Å². The van der Waals surface area contributed by atoms with E-state index in [1.54, 1.807) is 0 Å². The molecule has 0 unspecified atom stereocenters. The van der Waals surface area contributed by atoms with Crippen LogP contribution in [0, 0.1) is 0 Å². The maximum atomic E-state index is 11.0. The third-order valence-electron chi connectivity index (χ3n) is 1.31. The number of esters is 1. The third kappa shape index (κ3) is 4.59. The molecular formula is C7H11ClO5S. The summed E-state index contributed by atoms with van der Waals surface area (Å²) < 4.78 is 34.1. The average Bonchev–Trinajstić information content (AvgIpc) is 2.03. The molecule has 0 aromatic rings. The Balaban J connectivity index is 4.37. The van der Waals surface area contributed by atoms with Crippen LogP contribution in [-0.4, -0.2) is 25.5 Å². The molecule has 7 heteroatoms. The van der Waals surface area contributed by atoms with Crippen molar-refractivity contribution in [2.75, 3.05) is 6.61 Å². The summed E-state index contributed by atoms with van der Waals surface area (Å²) in [5.41, 5.74) is 0.476. The molecule has 0 radical (unpaired) electrons. The van der Waals surface area contributed by atoms with Gasteiger partial charge in [0.1, 0.15) is 0 Å². The Bertz CT molecular complexity index is 319. The van der Waals surface area contributed by atoms with Gasteiger partial charge >= 0.3 is 16.1 Å². The highest BCUT2D eigenvalue weighted by molar-refractivity contribution is 7.90. The molecule has 0 aliphatic rings. The maximum absolute atomic E-state index is 11.0. The molecular weight excluding hydrogens is 232 g/mol. The number of unbranched alkanes of at least 4 members (excludes halogenated alkanes) is 1. The Hall–Kier alpha value is -0.590. The summed E-state index contributed by atoms with van der Waals surface area (Å²) in [5.74, 6) is -1.14. The average molecular weight is 243 g/mol. The topological polar surface area (TPSA) is 80.7 Å². The standard InChI is InChI=1S/C7H11ClO5S/c1-2-3-4-13-7(9)6(5-8)14(10,11)12/h5H,2-4H2,1H3,(H,10,11,12). The van der Waals surface area contributed by atoms with Crippen LogP contribution in [0.5, 0.6) is 0 Å². The lowest BCUT2D eigenvalue weighted by atomic mass is 10.4. The number of hydrogen-bond acceptors (Lipinski definition) is 4. The van der Waals surface area contributed by atoms with Crippen molar-refractivity contribution >= 4 is 27.7 Å². The molecule has 0 aromatic carbocycles. The largest absolute Gasteiger partial charge is 0.461 e. The second-order valence-corrected chi connectivity index (χ2v) is 4.05. The maximum Gasteiger partial charge on any atom is 0.353 e. The molecule has 0 fully saturated rings. The van der Waals surface area contributed by atoms with E-state index in [1.165, 1.54) is 0 Å². The summed E-state index contributed by atoms with van der Waals surface area (Å²) in [4.78, 5) is 10.0. The molecule has 0 spiro atoms. The summed E-state index contributed by atoms with van der Waals surface area (Å²) in [6.07, 6.45) is 1.42. The van der Waals surface area contributed by atoms with Crippen molar-refractivity contribution in [3.05, 3.63) is 10.4 Å². The lowest BCUT2D eigenvalue weighted by Crippen LogP contribution is -2.15. The van der Waals surface area contributed by atoms with Gasteiger partial charge in [-0.05, 0) is 6.42 Å². The minimum Gasteiger partial charge on any atom is -0.461 e. The molecule has 0 saturated carbocycles. The SMILES string of the molecule is CCCCOC(=O)C(=CCl)S(=O)(=O)O. The number of carbonyl (C=O) groups is 1. The van der Waals surface area contributed by atoms with Crippen molar-refractivity contribution in [3.8, 4) is 0 Å². The zero-order chi connectivity index (χ0) is 11.2. The molecule has 5 nitrogen and oxygen atoms in total. The number of hydrogen-bond donors (Lipinski definition) is 1. The predicted octanol–water partition coefficient (Wildman–Crippen LogP) is 1.30. The molecule has 0 aromatic heterocycles. The van der Waals surface area contributed by atoms with E-state index in [4.69, 9.17) is 16.2 Å². The van der Waals surface area contributed by atoms with Crippen molar-refractivity contribution in [2.24, 2.45) is 0 Å². The first-order chi connectivity index (χ1) is 6.43. The zero-order valence-corrected chi connectivity index (χ0v) is 9.14. The van der Waals surface area contributed by atoms with Crippen molar-refractivity contribution < 1.29 is 22.5 Å². The van der Waals surface area contributed by atoms with Crippen LogP contribution in [-0.2, 0) is 19.6 Å². The van der Waals surface area contributed by atoms with Gasteiger partial charge in [0.05, 0.1) is 6.61 Å². The molecule has 82 valence electrons. The van der Waals surface area contributed by atoms with Crippen LogP contribution in [0.3, 0.4) is 0 Å². The van der Waals surface area contributed by atoms with Crippen molar-refractivity contribution in [1.29, 1.82) is 0 Å². The number of ether oxygens (including phenoxy) is 1. The van der Waals surface area contributed by atoms with Gasteiger partial charge in [-0.1, -0.05) is 24.9 Å². The Morgan fingerprint density at radius 3 is 2.50 bits per heavy atom. The molecule has 14 heavy (non-hydrogen) atoms. The van der Waals surface area contributed by atoms with Crippen molar-refractivity contribution in [2.45, 2.75) is 19.8 Å². The van der Waals surface area contributed by atoms with E-state index in [1.807, 2.05) is 6.92 Å². The highest BCUT2D eigenvalue weighted by Gasteiger charge is 2.23. The van der Waals surface area contributed by atoms with Gasteiger partial charge in [-0.2, -0.15) is 8.42 Å². The minimum atomic E-state index is -4.60. The number of halogens is 1. The molecule has 0 saturated heterocycles. The van der Waals surface area contributed by atoms with Gasteiger partial charge in [-0.3, -0.25) is 4.55 Å². The van der Waals surface area contributed by atoms with Gasteiger partial charge in [0.2, 0.25) is 0 Å². The van der Waals surface area contributed by atoms with E-state index in [-0.39, 0.29) is 6.61 Å². The highest BCUT2D eigenvalue weighted by Crippen LogP contribution is 2.08. The van der Waals surface area contributed by atoms with Crippen LogP contribution < -0.4 is 0 Å². The van der Waals surface area contributed by atoms with E-state index in [9.17, 15) is 13.2 Å². The zero-order valence-electron chi connectivity index (χ0n) is 7.57. The minimum absolute atomic E-state index is 0.0963. The van der Waals surface area contributed by atoms with Crippen molar-refractivity contribution in [1.82, 2.24) is 0 Å². The van der Waals surface area contributed by atoms with Crippen LogP contribution in [0.25, 0.3) is 0 Å². The predicted molar refractivity (Wildman–Crippen MR) is 51.4 cm³/mol. The molecule has 0 aliphatic heterocycles. The van der Waals surface area contributed by atoms with Gasteiger partial charge in [0.25, 0.3) is 0 Å². The summed E-state index contributed by atoms with van der Waals surface area (Å²) in [7, 11) is -4.60. The molecule has 0 aliphatic carbocycles. The van der Waals surface area contributed by atoms with Gasteiger partial charge in [0.15, 0.2) is 4.91 Å². The molecule has 0 amide bonds. The van der Waals surface area contributed by atoms with E-state index in [0.29, 0.717) is 12.0 Å². The van der Waals surface area contributed by atoms with E-state index >= 15 is 0 Å². The Morgan fingerprint density at radius 2 is 2.14 bits per heavy atom. The molecule has 0 heterocycles. The normalized spacial score (nSPS) is 12.6. The monoisotopic (exact) mass is 242 g/mol. The van der Waals surface area contributed by atoms with Gasteiger partial charge in [-0.15, -0.1) is 0 Å². The molecule has 0 atom stereocenters. The molecule has 0 rings (SSSR count). The Kier molecular flexibility index (Phi) is 5.75. The summed E-state index contributed by atoms with van der Waals surface area (Å²) in [6, 6.07) is 0. The summed E-state index contributed by atoms with van der Waals surface area (Å²) in [6.45, 7) is 1.98. The third-order valence-corrected chi connectivity index (χ3v) is 2.50. The first kappa shape index (κ1) is 13.4. The highest BCUT2D eigenvalue weighted by atomic mass is 35.5. The van der Waals surface area contributed by atoms with Gasteiger partial charge in [0, 0.05) is 5.54 Å². The van der Waals surface area contributed by atoms with Crippen LogP contribution in [0.2, 0.25) is 0 Å². The lowest BCUT2D eigenvalue weighted by Gasteiger charge is -2.03. The van der Waals surface area contributed by atoms with Crippen LogP contribution in [0.1, 0.15) is 19.8 Å². The van der Waals surface area contributed by atoms with Crippen LogP contribution in [0.15, 0.2) is 10.4 Å². The van der Waals surface area contributed by atoms with Crippen LogP contribution in [0.4, 0.5) is 0 Å². The summed E-state index contributed by atoms with van der Waals surface area (Å²) in [5, 5.41) is 0. The van der Waals surface area contributed by atoms with E-state index < -0.39 is 21.0 Å². The quantitative estimate of drug-likeness (QED) is 0.340. The number of carbonyl (C=O) groups excluding carboxylic acids is 1. The first-order valence-electron chi connectivity index (χ1n) is 3.88. The van der Waals surface area contributed by atoms with Gasteiger partial charge < -0.3 is 4.74 Å². The second-order valence-electron chi connectivity index (χ2n) is 2.44. The fraction of sp³-hybridized carbons (Fsp3) is 0.571. The Labute approximate surface area is 87.4 Å².